The maximum absolute atomic E-state index is 12.8. The van der Waals surface area contributed by atoms with Crippen molar-refractivity contribution in [3.05, 3.63) is 30.1 Å². The summed E-state index contributed by atoms with van der Waals surface area (Å²) >= 11 is 1.34. The van der Waals surface area contributed by atoms with E-state index in [9.17, 15) is 14.4 Å². The molecule has 3 nitrogen and oxygen atoms in total. The fourth-order valence-electron chi connectivity index (χ4n) is 1.43. The molecule has 0 saturated carbocycles. The molecule has 0 aromatic heterocycles. The lowest BCUT2D eigenvalue weighted by atomic mass is 9.90. The van der Waals surface area contributed by atoms with Gasteiger partial charge in [-0.2, -0.15) is 5.26 Å². The molecular formula is C15H19FN2OS. The maximum Gasteiger partial charge on any atom is 0.234 e. The van der Waals surface area contributed by atoms with E-state index in [4.69, 9.17) is 0 Å². The van der Waals surface area contributed by atoms with E-state index in [0.717, 1.165) is 4.90 Å². The normalized spacial score (nSPS) is 15.2. The Hall–Kier alpha value is -1.54. The Bertz CT molecular complexity index is 510. The van der Waals surface area contributed by atoms with Crippen molar-refractivity contribution < 1.29 is 9.18 Å². The van der Waals surface area contributed by atoms with Gasteiger partial charge in [0.2, 0.25) is 5.91 Å². The summed E-state index contributed by atoms with van der Waals surface area (Å²) in [5.74, 6) is -0.486. The van der Waals surface area contributed by atoms with E-state index in [2.05, 4.69) is 11.4 Å². The highest BCUT2D eigenvalue weighted by Crippen LogP contribution is 2.24. The van der Waals surface area contributed by atoms with Gasteiger partial charge in [-0.3, -0.25) is 4.79 Å². The van der Waals surface area contributed by atoms with Crippen LogP contribution in [-0.4, -0.2) is 16.7 Å². The van der Waals surface area contributed by atoms with Gasteiger partial charge in [-0.15, -0.1) is 11.8 Å². The van der Waals surface area contributed by atoms with Gasteiger partial charge in [-0.25, -0.2) is 4.39 Å². The Morgan fingerprint density at radius 2 is 1.90 bits per heavy atom. The molecule has 1 aromatic rings. The number of carbonyl (C=O) groups is 1. The minimum Gasteiger partial charge on any atom is -0.337 e. The smallest absolute Gasteiger partial charge is 0.234 e. The molecule has 0 aliphatic carbocycles. The lowest BCUT2D eigenvalue weighted by Crippen LogP contribution is -2.51. The summed E-state index contributed by atoms with van der Waals surface area (Å²) in [5, 5.41) is 11.6. The molecule has 0 unspecified atom stereocenters. The number of thioether (sulfide) groups is 1. The quantitative estimate of drug-likeness (QED) is 0.847. The molecule has 108 valence electrons. The van der Waals surface area contributed by atoms with Gasteiger partial charge in [0.1, 0.15) is 11.4 Å². The first-order valence-electron chi connectivity index (χ1n) is 6.44. The lowest BCUT2D eigenvalue weighted by Gasteiger charge is -2.28. The van der Waals surface area contributed by atoms with Gasteiger partial charge in [0.25, 0.3) is 0 Å². The van der Waals surface area contributed by atoms with Crippen molar-refractivity contribution >= 4 is 17.7 Å². The van der Waals surface area contributed by atoms with Gasteiger partial charge in [0.15, 0.2) is 0 Å². The van der Waals surface area contributed by atoms with Crippen LogP contribution in [-0.2, 0) is 4.79 Å². The Morgan fingerprint density at radius 3 is 2.35 bits per heavy atom. The zero-order chi connectivity index (χ0) is 15.3. The van der Waals surface area contributed by atoms with Crippen molar-refractivity contribution in [1.82, 2.24) is 5.32 Å². The van der Waals surface area contributed by atoms with Crippen LogP contribution in [0.15, 0.2) is 29.2 Å². The monoisotopic (exact) mass is 294 g/mol. The largest absolute Gasteiger partial charge is 0.337 e. The number of benzene rings is 1. The maximum atomic E-state index is 12.8. The number of nitrogens with zero attached hydrogens (tertiary/aromatic N) is 1. The van der Waals surface area contributed by atoms with E-state index in [1.807, 2.05) is 13.8 Å². The fraction of sp³-hybridized carbons (Fsp3) is 0.467. The summed E-state index contributed by atoms with van der Waals surface area (Å²) < 4.78 is 12.8. The molecular weight excluding hydrogens is 275 g/mol. The van der Waals surface area contributed by atoms with Crippen LogP contribution in [0.4, 0.5) is 4.39 Å². The molecule has 0 heterocycles. The first-order valence-corrected chi connectivity index (χ1v) is 7.32. The molecule has 2 atom stereocenters. The van der Waals surface area contributed by atoms with Crippen LogP contribution in [0.3, 0.4) is 0 Å². The predicted molar refractivity (Wildman–Crippen MR) is 78.7 cm³/mol. The third-order valence-electron chi connectivity index (χ3n) is 3.27. The van der Waals surface area contributed by atoms with Crippen LogP contribution in [0, 0.1) is 23.1 Å². The highest BCUT2D eigenvalue weighted by atomic mass is 32.2. The zero-order valence-electron chi connectivity index (χ0n) is 12.1. The molecule has 0 bridgehead atoms. The molecule has 1 aromatic carbocycles. The van der Waals surface area contributed by atoms with E-state index in [-0.39, 0.29) is 22.9 Å². The molecule has 5 heteroatoms. The molecule has 1 N–H and O–H groups in total. The molecule has 0 aliphatic heterocycles. The van der Waals surface area contributed by atoms with Gasteiger partial charge < -0.3 is 5.32 Å². The van der Waals surface area contributed by atoms with Crippen LogP contribution in [0.25, 0.3) is 0 Å². The van der Waals surface area contributed by atoms with Crippen LogP contribution < -0.4 is 5.32 Å². The Kier molecular flexibility index (Phi) is 5.58. The van der Waals surface area contributed by atoms with E-state index in [0.29, 0.717) is 0 Å². The second-order valence-electron chi connectivity index (χ2n) is 5.17. The van der Waals surface area contributed by atoms with Crippen molar-refractivity contribution in [3.63, 3.8) is 0 Å². The van der Waals surface area contributed by atoms with Crippen LogP contribution in [0.1, 0.15) is 27.7 Å². The lowest BCUT2D eigenvalue weighted by molar-refractivity contribution is -0.121. The van der Waals surface area contributed by atoms with Crippen molar-refractivity contribution in [2.24, 2.45) is 5.92 Å². The Labute approximate surface area is 123 Å². The number of nitriles is 1. The molecule has 1 amide bonds. The number of carbonyl (C=O) groups excluding carboxylic acids is 1. The van der Waals surface area contributed by atoms with Gasteiger partial charge >= 0.3 is 0 Å². The number of rotatable bonds is 5. The van der Waals surface area contributed by atoms with Crippen molar-refractivity contribution in [2.45, 2.75) is 43.4 Å². The minimum atomic E-state index is -0.880. The number of amides is 1. The summed E-state index contributed by atoms with van der Waals surface area (Å²) in [6, 6.07) is 8.14. The molecule has 1 rings (SSSR count). The predicted octanol–water partition coefficient (Wildman–Crippen LogP) is 3.36. The first kappa shape index (κ1) is 16.5. The first-order chi connectivity index (χ1) is 9.28. The summed E-state index contributed by atoms with van der Waals surface area (Å²) in [6.07, 6.45) is 0. The van der Waals surface area contributed by atoms with Gasteiger partial charge in [0.05, 0.1) is 11.3 Å². The molecule has 0 spiro atoms. The molecule has 0 aliphatic rings. The number of hydrogen-bond donors (Lipinski definition) is 1. The topological polar surface area (TPSA) is 52.9 Å². The van der Waals surface area contributed by atoms with Gasteiger partial charge in [-0.05, 0) is 44.0 Å². The molecule has 0 fully saturated rings. The standard InChI is InChI=1S/C15H19FN2OS/c1-10(2)15(4,9-17)18-14(19)11(3)20-13-7-5-12(16)6-8-13/h5-8,10-11H,1-4H3,(H,18,19)/t11-,15+/m0/s1. The Balaban J connectivity index is 2.68. The third-order valence-corrected chi connectivity index (χ3v) is 4.38. The zero-order valence-corrected chi connectivity index (χ0v) is 12.9. The average molecular weight is 294 g/mol. The SMILES string of the molecule is CC(C)[C@@](C)(C#N)NC(=O)[C@H](C)Sc1ccc(F)cc1. The molecule has 0 saturated heterocycles. The van der Waals surface area contributed by atoms with Crippen molar-refractivity contribution in [1.29, 1.82) is 5.26 Å². The van der Waals surface area contributed by atoms with Crippen molar-refractivity contribution in [3.8, 4) is 6.07 Å². The van der Waals surface area contributed by atoms with Crippen molar-refractivity contribution in [2.75, 3.05) is 0 Å². The van der Waals surface area contributed by atoms with Gasteiger partial charge in [-0.1, -0.05) is 13.8 Å². The number of nitrogens with one attached hydrogen (secondary N) is 1. The summed E-state index contributed by atoms with van der Waals surface area (Å²) in [5.41, 5.74) is -0.880. The minimum absolute atomic E-state index is 0.0134. The summed E-state index contributed by atoms with van der Waals surface area (Å²) in [6.45, 7) is 7.26. The Morgan fingerprint density at radius 1 is 1.35 bits per heavy atom. The summed E-state index contributed by atoms with van der Waals surface area (Å²) in [7, 11) is 0. The highest BCUT2D eigenvalue weighted by molar-refractivity contribution is 8.00. The molecule has 20 heavy (non-hydrogen) atoms. The number of hydrogen-bond acceptors (Lipinski definition) is 3. The summed E-state index contributed by atoms with van der Waals surface area (Å²) in [4.78, 5) is 13.0. The fourth-order valence-corrected chi connectivity index (χ4v) is 2.30. The third kappa shape index (κ3) is 4.24. The number of halogens is 1. The van der Waals surface area contributed by atoms with Crippen LogP contribution in [0.2, 0.25) is 0 Å². The van der Waals surface area contributed by atoms with E-state index in [1.54, 1.807) is 26.0 Å². The highest BCUT2D eigenvalue weighted by Gasteiger charge is 2.31. The average Bonchev–Trinajstić information content (AvgIpc) is 2.40. The van der Waals surface area contributed by atoms with Gasteiger partial charge in [0, 0.05) is 4.90 Å². The van der Waals surface area contributed by atoms with Crippen LogP contribution >= 0.6 is 11.8 Å². The van der Waals surface area contributed by atoms with E-state index in [1.165, 1.54) is 23.9 Å². The second kappa shape index (κ2) is 6.76. The van der Waals surface area contributed by atoms with E-state index >= 15 is 0 Å². The van der Waals surface area contributed by atoms with Crippen LogP contribution in [0.5, 0.6) is 0 Å². The molecule has 0 radical (unpaired) electrons. The van der Waals surface area contributed by atoms with E-state index < -0.39 is 5.54 Å². The second-order valence-corrected chi connectivity index (χ2v) is 6.59.